The van der Waals surface area contributed by atoms with E-state index in [4.69, 9.17) is 9.84 Å². The van der Waals surface area contributed by atoms with Crippen LogP contribution in [-0.2, 0) is 14.3 Å². The molecule has 0 spiro atoms. The maximum atomic E-state index is 12.6. The lowest BCUT2D eigenvalue weighted by atomic mass is 9.98. The first-order valence-corrected chi connectivity index (χ1v) is 10.6. The normalized spacial score (nSPS) is 16.5. The van der Waals surface area contributed by atoms with Crippen molar-refractivity contribution in [2.24, 2.45) is 0 Å². The second kappa shape index (κ2) is 8.41. The summed E-state index contributed by atoms with van der Waals surface area (Å²) in [4.78, 5) is 36.0. The Labute approximate surface area is 180 Å². The molecule has 7 nitrogen and oxygen atoms in total. The molecular weight excluding hydrogens is 396 g/mol. The van der Waals surface area contributed by atoms with E-state index >= 15 is 0 Å². The number of carbonyl (C=O) groups is 3. The number of fused-ring (bicyclic) bond motifs is 3. The summed E-state index contributed by atoms with van der Waals surface area (Å²) in [7, 11) is 0. The number of carboxylic acids is 1. The standard InChI is InChI=1S/C24H26N2O5/c1-2-20(22(29)26-24(11-12-24)13-21(27)28)25-23(30)31-14-19-17-9-5-3-7-15(17)16-8-4-6-10-18(16)19/h3-10,19-20H,2,11-14H2,1H3,(H,25,30)(H,26,29)(H,27,28)/t20-/m0/s1. The van der Waals surface area contributed by atoms with E-state index in [1.807, 2.05) is 36.4 Å². The van der Waals surface area contributed by atoms with E-state index in [0.29, 0.717) is 19.3 Å². The second-order valence-electron chi connectivity index (χ2n) is 8.27. The Morgan fingerprint density at radius 1 is 1.06 bits per heavy atom. The fraction of sp³-hybridized carbons (Fsp3) is 0.375. The Morgan fingerprint density at radius 3 is 2.16 bits per heavy atom. The summed E-state index contributed by atoms with van der Waals surface area (Å²) in [6, 6.07) is 15.4. The van der Waals surface area contributed by atoms with Crippen LogP contribution in [0, 0.1) is 0 Å². The molecule has 3 N–H and O–H groups in total. The fourth-order valence-corrected chi connectivity index (χ4v) is 4.27. The van der Waals surface area contributed by atoms with Gasteiger partial charge in [0.1, 0.15) is 12.6 Å². The van der Waals surface area contributed by atoms with Crippen molar-refractivity contribution in [3.8, 4) is 11.1 Å². The van der Waals surface area contributed by atoms with E-state index in [0.717, 1.165) is 22.3 Å². The van der Waals surface area contributed by atoms with Gasteiger partial charge in [-0.25, -0.2) is 4.79 Å². The number of nitrogens with one attached hydrogen (secondary N) is 2. The van der Waals surface area contributed by atoms with Gasteiger partial charge < -0.3 is 20.5 Å². The molecule has 162 valence electrons. The van der Waals surface area contributed by atoms with Crippen LogP contribution in [0.1, 0.15) is 49.7 Å². The summed E-state index contributed by atoms with van der Waals surface area (Å²) in [6.07, 6.45) is 0.866. The van der Waals surface area contributed by atoms with Crippen molar-refractivity contribution < 1.29 is 24.2 Å². The molecule has 4 rings (SSSR count). The van der Waals surface area contributed by atoms with Crippen LogP contribution >= 0.6 is 0 Å². The van der Waals surface area contributed by atoms with Gasteiger partial charge in [0.2, 0.25) is 5.91 Å². The van der Waals surface area contributed by atoms with E-state index in [9.17, 15) is 14.4 Å². The largest absolute Gasteiger partial charge is 0.481 e. The first-order valence-electron chi connectivity index (χ1n) is 10.6. The Kier molecular flexibility index (Phi) is 5.67. The van der Waals surface area contributed by atoms with Crippen LogP contribution in [0.2, 0.25) is 0 Å². The van der Waals surface area contributed by atoms with Crippen LogP contribution in [0.15, 0.2) is 48.5 Å². The van der Waals surface area contributed by atoms with Gasteiger partial charge in [0.15, 0.2) is 0 Å². The molecule has 0 bridgehead atoms. The molecule has 0 aromatic heterocycles. The molecule has 1 atom stereocenters. The van der Waals surface area contributed by atoms with Gasteiger partial charge in [0.25, 0.3) is 0 Å². The van der Waals surface area contributed by atoms with Crippen molar-refractivity contribution in [2.45, 2.75) is 50.1 Å². The number of benzene rings is 2. The summed E-state index contributed by atoms with van der Waals surface area (Å²) in [5.41, 5.74) is 3.84. The van der Waals surface area contributed by atoms with Crippen molar-refractivity contribution in [1.82, 2.24) is 10.6 Å². The lowest BCUT2D eigenvalue weighted by Gasteiger charge is -2.22. The molecule has 0 heterocycles. The number of alkyl carbamates (subject to hydrolysis) is 1. The Balaban J connectivity index is 1.37. The summed E-state index contributed by atoms with van der Waals surface area (Å²) in [5, 5.41) is 14.4. The van der Waals surface area contributed by atoms with Crippen LogP contribution in [0.3, 0.4) is 0 Å². The maximum Gasteiger partial charge on any atom is 0.407 e. The minimum absolute atomic E-state index is 0.0580. The highest BCUT2D eigenvalue weighted by molar-refractivity contribution is 5.87. The number of ether oxygens (including phenoxy) is 1. The van der Waals surface area contributed by atoms with Gasteiger partial charge in [-0.1, -0.05) is 55.5 Å². The predicted octanol–water partition coefficient (Wildman–Crippen LogP) is 3.43. The van der Waals surface area contributed by atoms with Gasteiger partial charge in [-0.3, -0.25) is 9.59 Å². The van der Waals surface area contributed by atoms with E-state index in [1.54, 1.807) is 6.92 Å². The average molecular weight is 422 g/mol. The zero-order chi connectivity index (χ0) is 22.0. The molecule has 2 aliphatic carbocycles. The zero-order valence-corrected chi connectivity index (χ0v) is 17.4. The molecule has 7 heteroatoms. The van der Waals surface area contributed by atoms with Crippen LogP contribution in [0.5, 0.6) is 0 Å². The third-order valence-corrected chi connectivity index (χ3v) is 6.09. The highest BCUT2D eigenvalue weighted by Crippen LogP contribution is 2.44. The topological polar surface area (TPSA) is 105 Å². The van der Waals surface area contributed by atoms with Gasteiger partial charge >= 0.3 is 12.1 Å². The quantitative estimate of drug-likeness (QED) is 0.605. The summed E-state index contributed by atoms with van der Waals surface area (Å²) >= 11 is 0. The first kappa shape index (κ1) is 20.9. The van der Waals surface area contributed by atoms with Crippen molar-refractivity contribution in [3.05, 3.63) is 59.7 Å². The Morgan fingerprint density at radius 2 is 1.65 bits per heavy atom. The molecule has 0 aliphatic heterocycles. The molecular formula is C24H26N2O5. The number of hydrogen-bond acceptors (Lipinski definition) is 4. The lowest BCUT2D eigenvalue weighted by molar-refractivity contribution is -0.138. The predicted molar refractivity (Wildman–Crippen MR) is 115 cm³/mol. The molecule has 0 radical (unpaired) electrons. The van der Waals surface area contributed by atoms with E-state index in [2.05, 4.69) is 22.8 Å². The highest BCUT2D eigenvalue weighted by Gasteiger charge is 2.46. The van der Waals surface area contributed by atoms with Crippen LogP contribution < -0.4 is 10.6 Å². The summed E-state index contributed by atoms with van der Waals surface area (Å²) in [5.74, 6) is -1.39. The van der Waals surface area contributed by atoms with Gasteiger partial charge in [-0.05, 0) is 41.5 Å². The number of aliphatic carboxylic acids is 1. The highest BCUT2D eigenvalue weighted by atomic mass is 16.5. The minimum Gasteiger partial charge on any atom is -0.481 e. The van der Waals surface area contributed by atoms with Crippen molar-refractivity contribution in [3.63, 3.8) is 0 Å². The SMILES string of the molecule is CC[C@H](NC(=O)OCC1c2ccccc2-c2ccccc21)C(=O)NC1(CC(=O)O)CC1. The lowest BCUT2D eigenvalue weighted by Crippen LogP contribution is -2.51. The van der Waals surface area contributed by atoms with E-state index in [1.165, 1.54) is 0 Å². The fourth-order valence-electron chi connectivity index (χ4n) is 4.27. The molecule has 2 aromatic rings. The average Bonchev–Trinajstić information content (AvgIpc) is 3.42. The zero-order valence-electron chi connectivity index (χ0n) is 17.4. The molecule has 2 amide bonds. The minimum atomic E-state index is -0.949. The Hall–Kier alpha value is -3.35. The van der Waals surface area contributed by atoms with Crippen molar-refractivity contribution in [2.75, 3.05) is 6.61 Å². The molecule has 2 aromatic carbocycles. The van der Waals surface area contributed by atoms with Gasteiger partial charge in [0.05, 0.1) is 12.0 Å². The number of rotatable bonds is 8. The van der Waals surface area contributed by atoms with Crippen LogP contribution in [-0.4, -0.2) is 41.3 Å². The number of hydrogen-bond donors (Lipinski definition) is 3. The van der Waals surface area contributed by atoms with E-state index in [-0.39, 0.29) is 24.9 Å². The number of carboxylic acid groups (broad SMARTS) is 1. The van der Waals surface area contributed by atoms with Crippen molar-refractivity contribution in [1.29, 1.82) is 0 Å². The number of carbonyl (C=O) groups excluding carboxylic acids is 2. The maximum absolute atomic E-state index is 12.6. The Bertz CT molecular complexity index is 969. The smallest absolute Gasteiger partial charge is 0.407 e. The third-order valence-electron chi connectivity index (χ3n) is 6.09. The van der Waals surface area contributed by atoms with Crippen LogP contribution in [0.25, 0.3) is 11.1 Å². The first-order chi connectivity index (χ1) is 14.9. The molecule has 31 heavy (non-hydrogen) atoms. The molecule has 1 saturated carbocycles. The summed E-state index contributed by atoms with van der Waals surface area (Å²) in [6.45, 7) is 1.95. The summed E-state index contributed by atoms with van der Waals surface area (Å²) < 4.78 is 5.51. The third kappa shape index (κ3) is 4.40. The molecule has 0 saturated heterocycles. The van der Waals surface area contributed by atoms with Gasteiger partial charge in [-0.15, -0.1) is 0 Å². The van der Waals surface area contributed by atoms with Crippen molar-refractivity contribution >= 4 is 18.0 Å². The van der Waals surface area contributed by atoms with E-state index < -0.39 is 23.6 Å². The molecule has 2 aliphatic rings. The van der Waals surface area contributed by atoms with Crippen LogP contribution in [0.4, 0.5) is 4.79 Å². The monoisotopic (exact) mass is 422 g/mol. The number of amides is 2. The van der Waals surface area contributed by atoms with Gasteiger partial charge in [0, 0.05) is 5.92 Å². The van der Waals surface area contributed by atoms with Gasteiger partial charge in [-0.2, -0.15) is 0 Å². The molecule has 1 fully saturated rings. The second-order valence-corrected chi connectivity index (χ2v) is 8.27. The molecule has 0 unspecified atom stereocenters.